The third-order valence-electron chi connectivity index (χ3n) is 3.47. The SMILES string of the molecule is CCOC(=O)C1(CCC2CCCO2)OC1C. The zero-order valence-corrected chi connectivity index (χ0v) is 10.0. The number of carbonyl (C=O) groups excluding carboxylic acids is 1. The summed E-state index contributed by atoms with van der Waals surface area (Å²) in [5.41, 5.74) is -0.665. The standard InChI is InChI=1S/C12H20O4/c1-3-14-11(13)12(9(2)16-12)7-6-10-5-4-8-15-10/h9-10H,3-8H2,1-2H3. The van der Waals surface area contributed by atoms with E-state index in [1.807, 2.05) is 13.8 Å². The monoisotopic (exact) mass is 228 g/mol. The minimum absolute atomic E-state index is 0.00652. The molecule has 2 saturated heterocycles. The predicted molar refractivity (Wildman–Crippen MR) is 58.1 cm³/mol. The summed E-state index contributed by atoms with van der Waals surface area (Å²) in [5, 5.41) is 0. The second-order valence-electron chi connectivity index (χ2n) is 4.54. The van der Waals surface area contributed by atoms with Crippen LogP contribution in [0.25, 0.3) is 0 Å². The van der Waals surface area contributed by atoms with Crippen LogP contribution < -0.4 is 0 Å². The van der Waals surface area contributed by atoms with Gasteiger partial charge < -0.3 is 14.2 Å². The molecule has 3 unspecified atom stereocenters. The van der Waals surface area contributed by atoms with Crippen LogP contribution in [0, 0.1) is 0 Å². The maximum Gasteiger partial charge on any atom is 0.341 e. The van der Waals surface area contributed by atoms with Crippen molar-refractivity contribution in [2.45, 2.75) is 57.3 Å². The maximum absolute atomic E-state index is 11.8. The minimum atomic E-state index is -0.665. The highest BCUT2D eigenvalue weighted by molar-refractivity contribution is 5.83. The number of carbonyl (C=O) groups is 1. The van der Waals surface area contributed by atoms with Gasteiger partial charge in [0.25, 0.3) is 0 Å². The molecule has 2 heterocycles. The summed E-state index contributed by atoms with van der Waals surface area (Å²) in [6.07, 6.45) is 4.15. The lowest BCUT2D eigenvalue weighted by Crippen LogP contribution is -2.30. The van der Waals surface area contributed by atoms with Crippen LogP contribution in [0.3, 0.4) is 0 Å². The predicted octanol–water partition coefficient (Wildman–Crippen LogP) is 1.67. The number of hydrogen-bond donors (Lipinski definition) is 0. The van der Waals surface area contributed by atoms with Crippen LogP contribution in [0.2, 0.25) is 0 Å². The number of esters is 1. The molecule has 0 amide bonds. The summed E-state index contributed by atoms with van der Waals surface area (Å²) < 4.78 is 16.0. The molecule has 92 valence electrons. The molecule has 0 N–H and O–H groups in total. The fraction of sp³-hybridized carbons (Fsp3) is 0.917. The highest BCUT2D eigenvalue weighted by Crippen LogP contribution is 2.42. The summed E-state index contributed by atoms with van der Waals surface area (Å²) in [4.78, 5) is 11.8. The van der Waals surface area contributed by atoms with E-state index in [2.05, 4.69) is 0 Å². The number of hydrogen-bond acceptors (Lipinski definition) is 4. The first kappa shape index (κ1) is 11.9. The summed E-state index contributed by atoms with van der Waals surface area (Å²) >= 11 is 0. The zero-order valence-electron chi connectivity index (χ0n) is 10.0. The van der Waals surface area contributed by atoms with Gasteiger partial charge in [-0.05, 0) is 39.5 Å². The zero-order chi connectivity index (χ0) is 11.6. The second kappa shape index (κ2) is 4.72. The maximum atomic E-state index is 11.8. The first-order valence-electron chi connectivity index (χ1n) is 6.15. The van der Waals surface area contributed by atoms with E-state index in [1.165, 1.54) is 0 Å². The molecule has 0 spiro atoms. The van der Waals surface area contributed by atoms with Crippen molar-refractivity contribution in [3.8, 4) is 0 Å². The average Bonchev–Trinajstić information content (AvgIpc) is 2.72. The van der Waals surface area contributed by atoms with Crippen LogP contribution in [-0.4, -0.2) is 37.0 Å². The fourth-order valence-electron chi connectivity index (χ4n) is 2.36. The topological polar surface area (TPSA) is 48.1 Å². The Morgan fingerprint density at radius 3 is 2.81 bits per heavy atom. The van der Waals surface area contributed by atoms with Crippen molar-refractivity contribution in [1.29, 1.82) is 0 Å². The third-order valence-corrected chi connectivity index (χ3v) is 3.47. The summed E-state index contributed by atoms with van der Waals surface area (Å²) in [6.45, 7) is 5.01. The van der Waals surface area contributed by atoms with Gasteiger partial charge in [0.15, 0.2) is 5.60 Å². The first-order chi connectivity index (χ1) is 7.69. The van der Waals surface area contributed by atoms with Crippen molar-refractivity contribution in [2.75, 3.05) is 13.2 Å². The highest BCUT2D eigenvalue weighted by Gasteiger charge is 2.60. The Labute approximate surface area is 96.2 Å². The molecule has 16 heavy (non-hydrogen) atoms. The van der Waals surface area contributed by atoms with Gasteiger partial charge >= 0.3 is 5.97 Å². The molecule has 0 aliphatic carbocycles. The van der Waals surface area contributed by atoms with E-state index in [1.54, 1.807) is 0 Å². The van der Waals surface area contributed by atoms with Crippen molar-refractivity contribution in [1.82, 2.24) is 0 Å². The summed E-state index contributed by atoms with van der Waals surface area (Å²) in [7, 11) is 0. The lowest BCUT2D eigenvalue weighted by Gasteiger charge is -2.14. The Morgan fingerprint density at radius 2 is 2.31 bits per heavy atom. The van der Waals surface area contributed by atoms with Gasteiger partial charge in [-0.1, -0.05) is 0 Å². The van der Waals surface area contributed by atoms with Gasteiger partial charge in [0.2, 0.25) is 0 Å². The molecule has 3 atom stereocenters. The van der Waals surface area contributed by atoms with Gasteiger partial charge in [0.1, 0.15) is 0 Å². The van der Waals surface area contributed by atoms with Crippen molar-refractivity contribution in [3.05, 3.63) is 0 Å². The Balaban J connectivity index is 1.83. The van der Waals surface area contributed by atoms with Gasteiger partial charge in [-0.15, -0.1) is 0 Å². The van der Waals surface area contributed by atoms with Crippen LogP contribution >= 0.6 is 0 Å². The van der Waals surface area contributed by atoms with Crippen molar-refractivity contribution in [3.63, 3.8) is 0 Å². The molecule has 2 rings (SSSR count). The quantitative estimate of drug-likeness (QED) is 0.530. The van der Waals surface area contributed by atoms with Crippen molar-refractivity contribution in [2.24, 2.45) is 0 Å². The summed E-state index contributed by atoms with van der Waals surface area (Å²) in [6, 6.07) is 0. The van der Waals surface area contributed by atoms with Crippen LogP contribution in [0.15, 0.2) is 0 Å². The van der Waals surface area contributed by atoms with E-state index in [0.29, 0.717) is 12.7 Å². The molecule has 2 fully saturated rings. The van der Waals surface area contributed by atoms with Crippen molar-refractivity contribution < 1.29 is 19.0 Å². The molecule has 0 saturated carbocycles. The first-order valence-corrected chi connectivity index (χ1v) is 6.15. The summed E-state index contributed by atoms with van der Waals surface area (Å²) in [5.74, 6) is -0.208. The van der Waals surface area contributed by atoms with Gasteiger partial charge in [-0.25, -0.2) is 4.79 Å². The molecule has 2 aliphatic rings. The molecule has 0 aromatic heterocycles. The Hall–Kier alpha value is -0.610. The third kappa shape index (κ3) is 2.23. The Morgan fingerprint density at radius 1 is 1.56 bits per heavy atom. The second-order valence-corrected chi connectivity index (χ2v) is 4.54. The molecule has 0 aromatic carbocycles. The smallest absolute Gasteiger partial charge is 0.341 e. The molecule has 0 radical (unpaired) electrons. The number of rotatable bonds is 5. The molecule has 0 aromatic rings. The lowest BCUT2D eigenvalue weighted by atomic mass is 9.97. The number of ether oxygens (including phenoxy) is 3. The molecule has 0 bridgehead atoms. The van der Waals surface area contributed by atoms with Crippen LogP contribution in [0.4, 0.5) is 0 Å². The molecule has 4 nitrogen and oxygen atoms in total. The van der Waals surface area contributed by atoms with E-state index < -0.39 is 5.60 Å². The van der Waals surface area contributed by atoms with E-state index in [0.717, 1.165) is 32.3 Å². The van der Waals surface area contributed by atoms with Crippen LogP contribution in [0.1, 0.15) is 39.5 Å². The fourth-order valence-corrected chi connectivity index (χ4v) is 2.36. The Kier molecular flexibility index (Phi) is 3.50. The van der Waals surface area contributed by atoms with Crippen LogP contribution in [-0.2, 0) is 19.0 Å². The van der Waals surface area contributed by atoms with Crippen molar-refractivity contribution >= 4 is 5.97 Å². The molecule has 4 heteroatoms. The highest BCUT2D eigenvalue weighted by atomic mass is 16.7. The number of epoxide rings is 1. The van der Waals surface area contributed by atoms with Gasteiger partial charge in [-0.2, -0.15) is 0 Å². The molecule has 2 aliphatic heterocycles. The molecular weight excluding hydrogens is 208 g/mol. The lowest BCUT2D eigenvalue weighted by molar-refractivity contribution is -0.150. The van der Waals surface area contributed by atoms with Gasteiger partial charge in [0, 0.05) is 6.61 Å². The average molecular weight is 228 g/mol. The van der Waals surface area contributed by atoms with E-state index >= 15 is 0 Å². The van der Waals surface area contributed by atoms with E-state index in [-0.39, 0.29) is 12.1 Å². The minimum Gasteiger partial charge on any atom is -0.464 e. The van der Waals surface area contributed by atoms with Gasteiger partial charge in [0.05, 0.1) is 18.8 Å². The van der Waals surface area contributed by atoms with Crippen LogP contribution in [0.5, 0.6) is 0 Å². The Bertz CT molecular complexity index is 260. The largest absolute Gasteiger partial charge is 0.464 e. The molecular formula is C12H20O4. The van der Waals surface area contributed by atoms with E-state index in [9.17, 15) is 4.79 Å². The van der Waals surface area contributed by atoms with E-state index in [4.69, 9.17) is 14.2 Å². The van der Waals surface area contributed by atoms with Gasteiger partial charge in [-0.3, -0.25) is 0 Å². The normalized spacial score (nSPS) is 37.4.